The fourth-order valence-corrected chi connectivity index (χ4v) is 3.41. The normalized spacial score (nSPS) is 23.5. The summed E-state index contributed by atoms with van der Waals surface area (Å²) in [6.07, 6.45) is 4.75. The molecule has 0 bridgehead atoms. The molecule has 2 aliphatic rings. The van der Waals surface area contributed by atoms with Crippen molar-refractivity contribution >= 4 is 11.6 Å². The number of Topliss-reactive ketones (excluding diaryl/α,β-unsaturated/α-hetero) is 2. The molecule has 2 aliphatic carbocycles. The lowest BCUT2D eigenvalue weighted by atomic mass is 9.76. The van der Waals surface area contributed by atoms with Crippen LogP contribution in [0.15, 0.2) is 35.4 Å². The van der Waals surface area contributed by atoms with Crippen LogP contribution in [0, 0.1) is 0 Å². The van der Waals surface area contributed by atoms with Crippen LogP contribution < -0.4 is 0 Å². The van der Waals surface area contributed by atoms with Crippen molar-refractivity contribution in [1.82, 2.24) is 0 Å². The average molecular weight is 254 g/mol. The first-order chi connectivity index (χ1) is 9.18. The van der Waals surface area contributed by atoms with Crippen molar-refractivity contribution in [3.8, 4) is 0 Å². The number of carbonyl (C=O) groups excluding carboxylic acids is 2. The molecule has 19 heavy (non-hydrogen) atoms. The second-order valence-corrected chi connectivity index (χ2v) is 5.57. The molecule has 1 atom stereocenters. The molecule has 0 amide bonds. The molecule has 0 radical (unpaired) electrons. The number of fused-ring (bicyclic) bond motifs is 1. The lowest BCUT2D eigenvalue weighted by Gasteiger charge is -2.28. The van der Waals surface area contributed by atoms with Crippen LogP contribution in [0.5, 0.6) is 0 Å². The van der Waals surface area contributed by atoms with Crippen molar-refractivity contribution in [1.29, 1.82) is 0 Å². The van der Waals surface area contributed by atoms with Gasteiger partial charge in [-0.3, -0.25) is 9.59 Å². The zero-order chi connectivity index (χ0) is 13.4. The van der Waals surface area contributed by atoms with Crippen LogP contribution in [0.4, 0.5) is 0 Å². The molecule has 1 aromatic rings. The number of ketones is 2. The third-order valence-electron chi connectivity index (χ3n) is 4.45. The highest BCUT2D eigenvalue weighted by Crippen LogP contribution is 2.39. The Hall–Kier alpha value is -1.70. The smallest absolute Gasteiger partial charge is 0.229 e. The molecule has 0 heterocycles. The number of rotatable bonds is 0. The van der Waals surface area contributed by atoms with E-state index in [-0.39, 0.29) is 17.5 Å². The zero-order valence-corrected chi connectivity index (χ0v) is 11.2. The minimum atomic E-state index is -0.306. The second-order valence-electron chi connectivity index (χ2n) is 5.57. The summed E-state index contributed by atoms with van der Waals surface area (Å²) in [5.74, 6) is -0.281. The Morgan fingerprint density at radius 1 is 1.05 bits per heavy atom. The summed E-state index contributed by atoms with van der Waals surface area (Å²) < 4.78 is 0. The Kier molecular flexibility index (Phi) is 3.09. The van der Waals surface area contributed by atoms with Crippen LogP contribution >= 0.6 is 0 Å². The van der Waals surface area contributed by atoms with Gasteiger partial charge in [0.15, 0.2) is 0 Å². The molecule has 2 heteroatoms. The summed E-state index contributed by atoms with van der Waals surface area (Å²) in [5.41, 5.74) is 4.26. The van der Waals surface area contributed by atoms with Gasteiger partial charge < -0.3 is 0 Å². The van der Waals surface area contributed by atoms with E-state index >= 15 is 0 Å². The molecular formula is C17H18O2. The van der Waals surface area contributed by atoms with E-state index in [9.17, 15) is 9.59 Å². The maximum absolute atomic E-state index is 12.2. The molecule has 0 fully saturated rings. The molecular weight excluding hydrogens is 236 g/mol. The Labute approximate surface area is 113 Å². The van der Waals surface area contributed by atoms with Crippen LogP contribution in [-0.2, 0) is 4.79 Å². The van der Waals surface area contributed by atoms with Crippen molar-refractivity contribution in [2.75, 3.05) is 0 Å². The zero-order valence-electron chi connectivity index (χ0n) is 11.2. The highest BCUT2D eigenvalue weighted by molar-refractivity contribution is 6.44. The summed E-state index contributed by atoms with van der Waals surface area (Å²) in [4.78, 5) is 24.3. The Bertz CT molecular complexity index is 581. The van der Waals surface area contributed by atoms with Gasteiger partial charge in [-0.25, -0.2) is 0 Å². The van der Waals surface area contributed by atoms with E-state index in [0.29, 0.717) is 12.0 Å². The molecule has 2 nitrogen and oxygen atoms in total. The maximum atomic E-state index is 12.2. The standard InChI is InChI=1S/C17H18O2/c1-11-13-7-3-2-6-12(13)10-16(18)17(19)15-9-5-4-8-14(11)15/h4-5,8-9,11H,2-3,6-7,10H2,1H3. The largest absolute Gasteiger partial charge is 0.290 e. The van der Waals surface area contributed by atoms with Crippen LogP contribution in [-0.4, -0.2) is 11.6 Å². The first-order valence-corrected chi connectivity index (χ1v) is 7.05. The highest BCUT2D eigenvalue weighted by Gasteiger charge is 2.29. The van der Waals surface area contributed by atoms with E-state index < -0.39 is 0 Å². The van der Waals surface area contributed by atoms with Crippen molar-refractivity contribution in [2.45, 2.75) is 44.9 Å². The van der Waals surface area contributed by atoms with Gasteiger partial charge in [0.05, 0.1) is 0 Å². The summed E-state index contributed by atoms with van der Waals surface area (Å²) in [7, 11) is 0. The average Bonchev–Trinajstić information content (AvgIpc) is 2.45. The number of carbonyl (C=O) groups is 2. The number of benzene rings is 1. The van der Waals surface area contributed by atoms with Gasteiger partial charge in [-0.2, -0.15) is 0 Å². The number of hydrogen-bond donors (Lipinski definition) is 0. The molecule has 98 valence electrons. The van der Waals surface area contributed by atoms with Crippen molar-refractivity contribution < 1.29 is 9.59 Å². The van der Waals surface area contributed by atoms with Crippen molar-refractivity contribution in [3.63, 3.8) is 0 Å². The summed E-state index contributed by atoms with van der Waals surface area (Å²) in [6.45, 7) is 2.17. The van der Waals surface area contributed by atoms with E-state index in [1.807, 2.05) is 18.2 Å². The number of hydrogen-bond acceptors (Lipinski definition) is 2. The molecule has 0 spiro atoms. The van der Waals surface area contributed by atoms with Crippen LogP contribution in [0.25, 0.3) is 0 Å². The predicted octanol–water partition coefficient (Wildman–Crippen LogP) is 3.82. The van der Waals surface area contributed by atoms with Gasteiger partial charge in [0.1, 0.15) is 0 Å². The fraction of sp³-hybridized carbons (Fsp3) is 0.412. The molecule has 0 saturated carbocycles. The van der Waals surface area contributed by atoms with Crippen LogP contribution in [0.1, 0.15) is 60.9 Å². The van der Waals surface area contributed by atoms with Gasteiger partial charge in [-0.15, -0.1) is 0 Å². The van der Waals surface area contributed by atoms with Crippen molar-refractivity contribution in [3.05, 3.63) is 46.5 Å². The predicted molar refractivity (Wildman–Crippen MR) is 74.3 cm³/mol. The molecule has 3 rings (SSSR count). The summed E-state index contributed by atoms with van der Waals surface area (Å²) >= 11 is 0. The van der Waals surface area contributed by atoms with E-state index in [1.54, 1.807) is 6.07 Å². The molecule has 0 saturated heterocycles. The third kappa shape index (κ3) is 2.05. The third-order valence-corrected chi connectivity index (χ3v) is 4.45. The van der Waals surface area contributed by atoms with Crippen LogP contribution in [0.3, 0.4) is 0 Å². The summed E-state index contributed by atoms with van der Waals surface area (Å²) in [5, 5.41) is 0. The van der Waals surface area contributed by atoms with E-state index in [2.05, 4.69) is 6.92 Å². The van der Waals surface area contributed by atoms with E-state index in [4.69, 9.17) is 0 Å². The van der Waals surface area contributed by atoms with Gasteiger partial charge in [-0.05, 0) is 31.2 Å². The first-order valence-electron chi connectivity index (χ1n) is 7.05. The quantitative estimate of drug-likeness (QED) is 0.521. The Morgan fingerprint density at radius 2 is 1.79 bits per heavy atom. The van der Waals surface area contributed by atoms with Gasteiger partial charge >= 0.3 is 0 Å². The monoisotopic (exact) mass is 254 g/mol. The molecule has 0 aromatic heterocycles. The van der Waals surface area contributed by atoms with Gasteiger partial charge in [0.25, 0.3) is 0 Å². The van der Waals surface area contributed by atoms with E-state index in [0.717, 1.165) is 24.8 Å². The minimum absolute atomic E-state index is 0.242. The number of allylic oxidation sites excluding steroid dienone is 2. The lowest BCUT2D eigenvalue weighted by molar-refractivity contribution is -0.114. The SMILES string of the molecule is CC1C2=C(CCCC2)CC(=O)C(=O)c2ccccc21. The lowest BCUT2D eigenvalue weighted by Crippen LogP contribution is -2.22. The Morgan fingerprint density at radius 3 is 2.63 bits per heavy atom. The topological polar surface area (TPSA) is 34.1 Å². The van der Waals surface area contributed by atoms with Gasteiger partial charge in [0.2, 0.25) is 11.6 Å². The molecule has 1 unspecified atom stereocenters. The van der Waals surface area contributed by atoms with Gasteiger partial charge in [0, 0.05) is 17.9 Å². The minimum Gasteiger partial charge on any atom is -0.290 e. The van der Waals surface area contributed by atoms with Gasteiger partial charge in [-0.1, -0.05) is 42.3 Å². The fourth-order valence-electron chi connectivity index (χ4n) is 3.41. The highest BCUT2D eigenvalue weighted by atomic mass is 16.2. The second kappa shape index (κ2) is 4.76. The van der Waals surface area contributed by atoms with E-state index in [1.165, 1.54) is 17.6 Å². The van der Waals surface area contributed by atoms with Crippen molar-refractivity contribution in [2.24, 2.45) is 0 Å². The molecule has 0 N–H and O–H groups in total. The molecule has 1 aromatic carbocycles. The molecule has 0 aliphatic heterocycles. The van der Waals surface area contributed by atoms with Crippen LogP contribution in [0.2, 0.25) is 0 Å². The maximum Gasteiger partial charge on any atom is 0.229 e. The Balaban J connectivity index is 2.18. The first kappa shape index (κ1) is 12.3. The summed E-state index contributed by atoms with van der Waals surface area (Å²) in [6, 6.07) is 7.59.